The second kappa shape index (κ2) is 89.6. The number of hydrogen-bond donors (Lipinski definition) is 4. The number of unbranched alkanes of at least 4 members (excludes halogenated alkanes) is 30. The van der Waals surface area contributed by atoms with E-state index in [-0.39, 0.29) is 19.3 Å². The van der Waals surface area contributed by atoms with E-state index >= 15 is 0 Å². The molecule has 18 heteroatoms. The second-order valence-corrected chi connectivity index (χ2v) is 32.9. The first-order valence-corrected chi connectivity index (χ1v) is 48.7. The molecule has 4 N–H and O–H groups in total. The molecular weight excluding hydrogens is 1510 g/mol. The van der Waals surface area contributed by atoms with Crippen molar-refractivity contribution in [2.45, 2.75) is 373 Å². The van der Waals surface area contributed by atoms with Gasteiger partial charge in [-0.05, 0) is 167 Å². The van der Waals surface area contributed by atoms with Crippen LogP contribution in [0.5, 0.6) is 0 Å². The summed E-state index contributed by atoms with van der Waals surface area (Å²) in [6.07, 6.45) is 119. The van der Waals surface area contributed by atoms with Crippen molar-refractivity contribution in [3.05, 3.63) is 194 Å². The van der Waals surface area contributed by atoms with Gasteiger partial charge in [-0.15, -0.1) is 0 Å². The maximum Gasteiger partial charge on any atom is 0.472 e. The van der Waals surface area contributed by atoms with Gasteiger partial charge in [0, 0.05) is 19.3 Å². The first kappa shape index (κ1) is 111. The zero-order valence-electron chi connectivity index (χ0n) is 73.3. The van der Waals surface area contributed by atoms with Gasteiger partial charge in [0.15, 0.2) is 6.10 Å². The summed E-state index contributed by atoms with van der Waals surface area (Å²) in [6, 6.07) is 0. The average Bonchev–Trinajstić information content (AvgIpc) is 0.896. The highest BCUT2D eigenvalue weighted by atomic mass is 31.2. The molecule has 0 aromatic carbocycles. The smallest absolute Gasteiger partial charge is 0.463 e. The minimum absolute atomic E-state index is 0.0821. The fourth-order valence-corrected chi connectivity index (χ4v) is 13.5. The minimum Gasteiger partial charge on any atom is -0.463 e. The first-order chi connectivity index (χ1) is 57.2. The molecule has 0 saturated heterocycles. The van der Waals surface area contributed by atoms with Crippen molar-refractivity contribution in [3.8, 4) is 0 Å². The van der Waals surface area contributed by atoms with E-state index < -0.39 is 91.5 Å². The van der Waals surface area contributed by atoms with E-state index in [1.54, 1.807) is 0 Å². The van der Waals surface area contributed by atoms with E-state index in [1.807, 2.05) is 0 Å². The number of hydrogen-bond acceptors (Lipinski definition) is 14. The van der Waals surface area contributed by atoms with Crippen LogP contribution in [0.25, 0.3) is 0 Å². The maximum absolute atomic E-state index is 13.1. The number of rotatable bonds is 85. The van der Waals surface area contributed by atoms with E-state index in [4.69, 9.17) is 32.3 Å². The Bertz CT molecular complexity index is 2910. The molecule has 0 saturated carbocycles. The van der Waals surface area contributed by atoms with Gasteiger partial charge in [-0.25, -0.2) is 9.13 Å². The molecule has 666 valence electrons. The molecule has 5 unspecified atom stereocenters. The Morgan fingerprint density at radius 3 is 0.718 bits per heavy atom. The van der Waals surface area contributed by atoms with Crippen LogP contribution in [0.2, 0.25) is 0 Å². The number of aliphatic hydroxyl groups excluding tert-OH is 2. The van der Waals surface area contributed by atoms with Gasteiger partial charge in [0.25, 0.3) is 0 Å². The molecule has 0 spiro atoms. The van der Waals surface area contributed by atoms with Crippen LogP contribution in [0.15, 0.2) is 194 Å². The Morgan fingerprint density at radius 2 is 0.453 bits per heavy atom. The Morgan fingerprint density at radius 1 is 0.248 bits per heavy atom. The topological polar surface area (TPSA) is 231 Å². The van der Waals surface area contributed by atoms with Gasteiger partial charge in [-0.2, -0.15) is 0 Å². The molecule has 0 rings (SSSR count). The molecule has 0 amide bonds. The number of aliphatic hydroxyl groups is 2. The molecule has 0 radical (unpaired) electrons. The van der Waals surface area contributed by atoms with Crippen LogP contribution >= 0.6 is 15.6 Å². The van der Waals surface area contributed by atoms with Crippen molar-refractivity contribution >= 4 is 33.6 Å². The quantitative estimate of drug-likeness (QED) is 0.0146. The van der Waals surface area contributed by atoms with Crippen molar-refractivity contribution in [1.29, 1.82) is 0 Å². The van der Waals surface area contributed by atoms with Gasteiger partial charge in [-0.1, -0.05) is 363 Å². The Kier molecular flexibility index (Phi) is 85.3. The summed E-state index contributed by atoms with van der Waals surface area (Å²) in [5, 5.41) is 20.7. The molecule has 16 nitrogen and oxygen atoms in total. The van der Waals surface area contributed by atoms with E-state index in [0.717, 1.165) is 205 Å². The third-order valence-corrected chi connectivity index (χ3v) is 20.7. The van der Waals surface area contributed by atoms with Gasteiger partial charge in [-0.3, -0.25) is 32.5 Å². The lowest BCUT2D eigenvalue weighted by atomic mass is 10.0. The van der Waals surface area contributed by atoms with Crippen LogP contribution in [-0.2, 0) is 55.8 Å². The molecule has 0 aliphatic heterocycles. The molecule has 0 fully saturated rings. The lowest BCUT2D eigenvalue weighted by Gasteiger charge is -2.21. The SMILES string of the molecule is CC/C=C\C/C=C\C/C=C\C/C=C\C/C=C\C/C=C\CCCCCCCCCCCCCCCCC(=O)OCC(O)COP(=O)(O)OCC(O)COP(=O)(O)OCC(COC(=O)CCCCCCCC/C=C\C/C=C\C/C=C\C/C=C\C/C=C\C/C=C\CC)OC(=O)CCCCCCCCC/C=C\C/C=C\C/C=C\C/C=C\CCCCC. The predicted molar refractivity (Wildman–Crippen MR) is 491 cm³/mol. The van der Waals surface area contributed by atoms with Crippen LogP contribution in [-0.4, -0.2) is 95.9 Å². The highest BCUT2D eigenvalue weighted by Crippen LogP contribution is 2.45. The van der Waals surface area contributed by atoms with Gasteiger partial charge in [0.2, 0.25) is 0 Å². The third-order valence-electron chi connectivity index (χ3n) is 18.8. The summed E-state index contributed by atoms with van der Waals surface area (Å²) in [7, 11) is -9.83. The van der Waals surface area contributed by atoms with Crippen LogP contribution in [0.4, 0.5) is 0 Å². The van der Waals surface area contributed by atoms with Gasteiger partial charge in [0.05, 0.1) is 26.4 Å². The van der Waals surface area contributed by atoms with Crippen LogP contribution in [0.1, 0.15) is 355 Å². The molecular formula is C99H164O16P2. The number of phosphoric acid groups is 2. The largest absolute Gasteiger partial charge is 0.472 e. The molecule has 0 heterocycles. The van der Waals surface area contributed by atoms with Crippen molar-refractivity contribution in [2.24, 2.45) is 0 Å². The Balaban J connectivity index is 4.63. The lowest BCUT2D eigenvalue weighted by molar-refractivity contribution is -0.161. The van der Waals surface area contributed by atoms with E-state index in [9.17, 15) is 43.5 Å². The zero-order valence-corrected chi connectivity index (χ0v) is 75.1. The standard InChI is InChI=1S/C99H164O16P2/c1-4-7-10-13-16-19-22-25-28-31-34-37-40-42-43-44-45-46-47-48-49-51-54-55-58-61-64-67-70-73-76-79-82-85-97(102)109-88-94(100)89-111-116(105,106)112-90-95(101)91-113-117(107,108)114-93-96(115-99(104)87-84-81-78-75-72-69-66-63-60-57-52-39-36-33-30-27-24-21-18-15-12-9-6-3)92-110-98(103)86-83-80-77-74-71-68-65-62-59-56-53-50-41-38-35-32-29-26-23-20-17-14-11-8-5-2/h7-8,10-11,16-21,25-30,34-39,42-43,45-46,50,53,57,59-60,62,94-96,100-101H,4-6,9,12-15,22-24,31-33,40-41,44,47-49,51-52,54-56,58,61,63-93H2,1-3H3,(H,105,106)(H,107,108)/b10-7-,11-8-,19-16-,20-17-,21-18-,28-25-,29-26-,30-27-,37-34-,38-35-,39-36-,43-42-,46-45-,53-50-,60-57-,62-59-. The first-order valence-electron chi connectivity index (χ1n) is 45.7. The monoisotopic (exact) mass is 1670 g/mol. The van der Waals surface area contributed by atoms with E-state index in [0.29, 0.717) is 19.3 Å². The van der Waals surface area contributed by atoms with E-state index in [2.05, 4.69) is 215 Å². The molecule has 5 atom stereocenters. The summed E-state index contributed by atoms with van der Waals surface area (Å²) < 4.78 is 61.5. The minimum atomic E-state index is -4.95. The average molecular weight is 1670 g/mol. The molecule has 0 bridgehead atoms. The highest BCUT2D eigenvalue weighted by Gasteiger charge is 2.29. The van der Waals surface area contributed by atoms with Crippen LogP contribution in [0, 0.1) is 0 Å². The lowest BCUT2D eigenvalue weighted by Crippen LogP contribution is -2.30. The van der Waals surface area contributed by atoms with Gasteiger partial charge >= 0.3 is 33.6 Å². The summed E-state index contributed by atoms with van der Waals surface area (Å²) in [5.74, 6) is -1.61. The number of phosphoric ester groups is 2. The highest BCUT2D eigenvalue weighted by molar-refractivity contribution is 7.47. The molecule has 0 aliphatic carbocycles. The molecule has 0 aromatic heterocycles. The van der Waals surface area contributed by atoms with E-state index in [1.165, 1.54) is 89.9 Å². The second-order valence-electron chi connectivity index (χ2n) is 30.0. The van der Waals surface area contributed by atoms with Gasteiger partial charge < -0.3 is 34.2 Å². The number of ether oxygens (including phenoxy) is 3. The summed E-state index contributed by atoms with van der Waals surface area (Å²) in [4.78, 5) is 59.0. The van der Waals surface area contributed by atoms with Crippen molar-refractivity contribution in [3.63, 3.8) is 0 Å². The van der Waals surface area contributed by atoms with Crippen LogP contribution < -0.4 is 0 Å². The zero-order chi connectivity index (χ0) is 85.1. The predicted octanol–water partition coefficient (Wildman–Crippen LogP) is 28.2. The third kappa shape index (κ3) is 91.0. The van der Waals surface area contributed by atoms with Crippen molar-refractivity contribution in [1.82, 2.24) is 0 Å². The molecule has 0 aliphatic rings. The van der Waals surface area contributed by atoms with Crippen LogP contribution in [0.3, 0.4) is 0 Å². The number of carbonyl (C=O) groups is 3. The fourth-order valence-electron chi connectivity index (χ4n) is 11.9. The normalized spacial score (nSPS) is 14.7. The number of allylic oxidation sites excluding steroid dienone is 32. The van der Waals surface area contributed by atoms with Crippen molar-refractivity contribution < 1.29 is 75.8 Å². The summed E-state index contributed by atoms with van der Waals surface area (Å²) >= 11 is 0. The maximum atomic E-state index is 13.1. The number of esters is 3. The molecule has 0 aromatic rings. The van der Waals surface area contributed by atoms with Gasteiger partial charge in [0.1, 0.15) is 25.4 Å². The summed E-state index contributed by atoms with van der Waals surface area (Å²) in [5.41, 5.74) is 0. The number of carbonyl (C=O) groups excluding carboxylic acids is 3. The van der Waals surface area contributed by atoms with Crippen molar-refractivity contribution in [2.75, 3.05) is 39.6 Å². The summed E-state index contributed by atoms with van der Waals surface area (Å²) in [6.45, 7) is 2.42. The Hall–Kier alpha value is -5.61. The molecule has 117 heavy (non-hydrogen) atoms. The fraction of sp³-hybridized carbons (Fsp3) is 0.646. The Labute approximate surface area is 712 Å².